The van der Waals surface area contributed by atoms with E-state index in [1.807, 2.05) is 55.6 Å². The van der Waals surface area contributed by atoms with Gasteiger partial charge in [-0.25, -0.2) is 8.42 Å². The van der Waals surface area contributed by atoms with Gasteiger partial charge in [0.2, 0.25) is 0 Å². The minimum Gasteiger partial charge on any atom is -0.365 e. The predicted octanol–water partition coefficient (Wildman–Crippen LogP) is 2.89. The van der Waals surface area contributed by atoms with E-state index in [9.17, 15) is 13.2 Å². The molecule has 3 aliphatic rings. The normalized spacial score (nSPS) is 25.6. The highest BCUT2D eigenvalue weighted by Gasteiger charge is 2.51. The Morgan fingerprint density at radius 2 is 1.93 bits per heavy atom. The van der Waals surface area contributed by atoms with Crippen molar-refractivity contribution >= 4 is 15.7 Å². The largest absolute Gasteiger partial charge is 0.365 e. The van der Waals surface area contributed by atoms with Crippen LogP contribution >= 0.6 is 0 Å². The fraction of sp³-hybridized carbons (Fsp3) is 0.381. The molecule has 1 saturated carbocycles. The Labute approximate surface area is 160 Å². The smallest absolute Gasteiger partial charge is 0.268 e. The Balaban J connectivity index is 1.91. The number of allylic oxidation sites excluding steroid dienone is 2. The second kappa shape index (κ2) is 6.37. The summed E-state index contributed by atoms with van der Waals surface area (Å²) in [6, 6.07) is 9.66. The molecule has 4 rings (SSSR count). The highest BCUT2D eigenvalue weighted by molar-refractivity contribution is 7.95. The molecule has 5 nitrogen and oxygen atoms in total. The van der Waals surface area contributed by atoms with E-state index in [0.717, 1.165) is 42.2 Å². The number of nitrogens with zero attached hydrogens (tertiary/aromatic N) is 1. The molecule has 1 atom stereocenters. The maximum atomic E-state index is 13.5. The lowest BCUT2D eigenvalue weighted by Gasteiger charge is -2.50. The van der Waals surface area contributed by atoms with Crippen LogP contribution in [0.25, 0.3) is 0 Å². The van der Waals surface area contributed by atoms with Crippen molar-refractivity contribution < 1.29 is 13.2 Å². The van der Waals surface area contributed by atoms with Gasteiger partial charge >= 0.3 is 0 Å². The summed E-state index contributed by atoms with van der Waals surface area (Å²) in [5.41, 5.74) is 1.81. The maximum absolute atomic E-state index is 13.5. The Morgan fingerprint density at radius 3 is 2.52 bits per heavy atom. The molecule has 27 heavy (non-hydrogen) atoms. The van der Waals surface area contributed by atoms with Crippen LogP contribution < -0.4 is 5.32 Å². The zero-order chi connectivity index (χ0) is 19.2. The number of amides is 1. The van der Waals surface area contributed by atoms with Crippen molar-refractivity contribution in [1.82, 2.24) is 10.2 Å². The van der Waals surface area contributed by atoms with Crippen LogP contribution in [0, 0.1) is 5.92 Å². The Kier molecular flexibility index (Phi) is 4.26. The van der Waals surface area contributed by atoms with Crippen molar-refractivity contribution in [1.29, 1.82) is 0 Å². The summed E-state index contributed by atoms with van der Waals surface area (Å²) in [7, 11) is -3.65. The molecular formula is C21H24N2O3S. The summed E-state index contributed by atoms with van der Waals surface area (Å²) in [5.74, 6) is -0.276. The van der Waals surface area contributed by atoms with Crippen molar-refractivity contribution in [3.8, 4) is 0 Å². The minimum atomic E-state index is -3.65. The van der Waals surface area contributed by atoms with Gasteiger partial charge in [-0.1, -0.05) is 42.8 Å². The molecule has 2 aliphatic heterocycles. The van der Waals surface area contributed by atoms with Gasteiger partial charge in [0.25, 0.3) is 5.91 Å². The lowest BCUT2D eigenvalue weighted by atomic mass is 9.71. The van der Waals surface area contributed by atoms with Crippen molar-refractivity contribution in [2.75, 3.05) is 6.26 Å². The van der Waals surface area contributed by atoms with Crippen LogP contribution in [-0.2, 0) is 21.2 Å². The maximum Gasteiger partial charge on any atom is 0.268 e. The number of benzene rings is 1. The molecule has 0 radical (unpaired) electrons. The summed E-state index contributed by atoms with van der Waals surface area (Å²) < 4.78 is 25.3. The first-order valence-electron chi connectivity index (χ1n) is 9.28. The number of nitrogens with one attached hydrogen (secondary N) is 1. The van der Waals surface area contributed by atoms with Crippen LogP contribution in [0.2, 0.25) is 0 Å². The van der Waals surface area contributed by atoms with Gasteiger partial charge < -0.3 is 10.2 Å². The van der Waals surface area contributed by atoms with Gasteiger partial charge in [-0.05, 0) is 49.1 Å². The highest BCUT2D eigenvalue weighted by Crippen LogP contribution is 2.48. The molecule has 6 heteroatoms. The van der Waals surface area contributed by atoms with Crippen LogP contribution in [0.15, 0.2) is 64.7 Å². The van der Waals surface area contributed by atoms with Gasteiger partial charge in [0.15, 0.2) is 9.84 Å². The van der Waals surface area contributed by atoms with Gasteiger partial charge in [0.1, 0.15) is 10.6 Å². The minimum absolute atomic E-state index is 0.0241. The third-order valence-electron chi connectivity index (χ3n) is 5.83. The standard InChI is InChI=1S/C21H24N2O3S/c1-21-17(12-7-13-22-21)18(16-10-6-11-16)19(27(2,25)26)20(24)23(21)14-15-8-4-3-5-9-15/h3-5,7-9,12-13,16,22H,6,10-11,14H2,1-2H3. The van der Waals surface area contributed by atoms with E-state index >= 15 is 0 Å². The summed E-state index contributed by atoms with van der Waals surface area (Å²) >= 11 is 0. The topological polar surface area (TPSA) is 66.5 Å². The lowest BCUT2D eigenvalue weighted by Crippen LogP contribution is -2.63. The first kappa shape index (κ1) is 18.0. The first-order chi connectivity index (χ1) is 12.8. The summed E-state index contributed by atoms with van der Waals surface area (Å²) in [5, 5.41) is 3.33. The van der Waals surface area contributed by atoms with E-state index in [0.29, 0.717) is 6.54 Å². The number of sulfone groups is 1. The second-order valence-corrected chi connectivity index (χ2v) is 9.63. The molecule has 1 aromatic rings. The van der Waals surface area contributed by atoms with Crippen molar-refractivity contribution in [2.45, 2.75) is 38.4 Å². The van der Waals surface area contributed by atoms with Gasteiger partial charge in [0, 0.05) is 18.4 Å². The molecule has 2 heterocycles. The van der Waals surface area contributed by atoms with E-state index < -0.39 is 21.4 Å². The lowest BCUT2D eigenvalue weighted by molar-refractivity contribution is -0.133. The molecule has 1 N–H and O–H groups in total. The average Bonchev–Trinajstić information content (AvgIpc) is 2.56. The molecule has 1 amide bonds. The molecule has 142 valence electrons. The third-order valence-corrected chi connectivity index (χ3v) is 6.97. The van der Waals surface area contributed by atoms with E-state index in [1.165, 1.54) is 0 Å². The molecule has 0 spiro atoms. The summed E-state index contributed by atoms with van der Waals surface area (Å²) in [6.07, 6.45) is 9.73. The first-order valence-corrected chi connectivity index (χ1v) is 11.2. The zero-order valence-electron chi connectivity index (χ0n) is 15.6. The summed E-state index contributed by atoms with van der Waals surface area (Å²) in [4.78, 5) is 15.1. The van der Waals surface area contributed by atoms with Crippen molar-refractivity contribution in [3.63, 3.8) is 0 Å². The average molecular weight is 385 g/mol. The van der Waals surface area contributed by atoms with Gasteiger partial charge in [-0.15, -0.1) is 0 Å². The second-order valence-electron chi connectivity index (χ2n) is 7.68. The van der Waals surface area contributed by atoms with Gasteiger partial charge in [0.05, 0.1) is 0 Å². The zero-order valence-corrected chi connectivity index (χ0v) is 16.4. The van der Waals surface area contributed by atoms with Crippen LogP contribution in [-0.4, -0.2) is 31.1 Å². The SMILES string of the molecule is CC12NC=CC=C1C(C1CCC1)=C(S(C)(=O)=O)C(=O)N2Cc1ccccc1. The molecule has 1 fully saturated rings. The van der Waals surface area contributed by atoms with E-state index in [-0.39, 0.29) is 10.8 Å². The van der Waals surface area contributed by atoms with Crippen molar-refractivity contribution in [2.24, 2.45) is 5.92 Å². The Bertz CT molecular complexity index is 972. The van der Waals surface area contributed by atoms with E-state index in [1.54, 1.807) is 4.90 Å². The van der Waals surface area contributed by atoms with Crippen LogP contribution in [0.5, 0.6) is 0 Å². The van der Waals surface area contributed by atoms with E-state index in [2.05, 4.69) is 5.32 Å². The highest BCUT2D eigenvalue weighted by atomic mass is 32.2. The predicted molar refractivity (Wildman–Crippen MR) is 105 cm³/mol. The number of dihydropyridines is 1. The number of fused-ring (bicyclic) bond motifs is 1. The summed E-state index contributed by atoms with van der Waals surface area (Å²) in [6.45, 7) is 2.30. The van der Waals surface area contributed by atoms with Crippen LogP contribution in [0.4, 0.5) is 0 Å². The van der Waals surface area contributed by atoms with E-state index in [4.69, 9.17) is 0 Å². The molecule has 0 bridgehead atoms. The fourth-order valence-corrected chi connectivity index (χ4v) is 5.29. The molecular weight excluding hydrogens is 360 g/mol. The number of rotatable bonds is 4. The molecule has 1 aromatic carbocycles. The van der Waals surface area contributed by atoms with Crippen LogP contribution in [0.3, 0.4) is 0 Å². The third kappa shape index (κ3) is 2.92. The Morgan fingerprint density at radius 1 is 1.22 bits per heavy atom. The number of hydrogen-bond acceptors (Lipinski definition) is 4. The quantitative estimate of drug-likeness (QED) is 0.867. The van der Waals surface area contributed by atoms with Gasteiger partial charge in [-0.3, -0.25) is 4.79 Å². The number of carbonyl (C=O) groups is 1. The van der Waals surface area contributed by atoms with Crippen molar-refractivity contribution in [3.05, 3.63) is 70.3 Å². The fourth-order valence-electron chi connectivity index (χ4n) is 4.19. The molecule has 1 unspecified atom stereocenters. The molecule has 0 aromatic heterocycles. The van der Waals surface area contributed by atoms with Gasteiger partial charge in [-0.2, -0.15) is 0 Å². The monoisotopic (exact) mass is 384 g/mol. The molecule has 0 saturated heterocycles. The number of carbonyl (C=O) groups excluding carboxylic acids is 1. The van der Waals surface area contributed by atoms with Crippen LogP contribution in [0.1, 0.15) is 31.7 Å². The molecule has 1 aliphatic carbocycles. The number of hydrogen-bond donors (Lipinski definition) is 1. The Hall–Kier alpha value is -2.34.